The Bertz CT molecular complexity index is 1310. The maximum atomic E-state index is 12.5. The summed E-state index contributed by atoms with van der Waals surface area (Å²) in [6.45, 7) is 8.28. The minimum absolute atomic E-state index is 0.0171. The molecule has 2 N–H and O–H groups in total. The van der Waals surface area contributed by atoms with Gasteiger partial charge in [-0.2, -0.15) is 5.26 Å². The third-order valence-corrected chi connectivity index (χ3v) is 6.42. The third kappa shape index (κ3) is 12.3. The van der Waals surface area contributed by atoms with Crippen LogP contribution in [-0.2, 0) is 28.5 Å². The normalized spacial score (nSPS) is 13.7. The minimum atomic E-state index is -0.694. The molecule has 0 bridgehead atoms. The van der Waals surface area contributed by atoms with Crippen LogP contribution in [0.15, 0.2) is 42.0 Å². The van der Waals surface area contributed by atoms with E-state index < -0.39 is 23.6 Å². The topological polar surface area (TPSA) is 139 Å². The second kappa shape index (κ2) is 17.1. The van der Waals surface area contributed by atoms with Crippen LogP contribution < -0.4 is 15.5 Å². The van der Waals surface area contributed by atoms with Crippen molar-refractivity contribution in [1.82, 2.24) is 10.6 Å². The van der Waals surface area contributed by atoms with Crippen molar-refractivity contribution in [2.75, 3.05) is 64.1 Å². The summed E-state index contributed by atoms with van der Waals surface area (Å²) in [5, 5.41) is 16.7. The lowest BCUT2D eigenvalue weighted by molar-refractivity contribution is -0.144. The number of benzene rings is 2. The lowest BCUT2D eigenvalue weighted by Crippen LogP contribution is -2.36. The molecule has 2 amide bonds. The average Bonchev–Trinajstić information content (AvgIpc) is 2.98. The Morgan fingerprint density at radius 1 is 0.907 bits per heavy atom. The molecule has 1 aliphatic rings. The van der Waals surface area contributed by atoms with E-state index in [9.17, 15) is 19.6 Å². The van der Waals surface area contributed by atoms with Crippen molar-refractivity contribution in [2.24, 2.45) is 0 Å². The summed E-state index contributed by atoms with van der Waals surface area (Å²) < 4.78 is 20.8. The van der Waals surface area contributed by atoms with Crippen LogP contribution in [0.3, 0.4) is 0 Å². The Hall–Kier alpha value is -4.14. The van der Waals surface area contributed by atoms with Gasteiger partial charge >= 0.3 is 12.1 Å². The highest BCUT2D eigenvalue weighted by Gasteiger charge is 2.17. The highest BCUT2D eigenvalue weighted by atomic mass is 16.6. The zero-order valence-corrected chi connectivity index (χ0v) is 25.3. The number of rotatable bonds is 14. The van der Waals surface area contributed by atoms with Crippen molar-refractivity contribution >= 4 is 40.5 Å². The van der Waals surface area contributed by atoms with Crippen LogP contribution in [0.1, 0.15) is 45.6 Å². The summed E-state index contributed by atoms with van der Waals surface area (Å²) in [7, 11) is 0. The Morgan fingerprint density at radius 3 is 2.30 bits per heavy atom. The fourth-order valence-corrected chi connectivity index (χ4v) is 4.38. The van der Waals surface area contributed by atoms with E-state index in [-0.39, 0.29) is 51.7 Å². The van der Waals surface area contributed by atoms with Crippen molar-refractivity contribution in [2.45, 2.75) is 45.6 Å². The standard InChI is InChI=1S/C32H42N4O7/c1-32(2,3)43-31(39)35-23-29(37)42-18-17-41-16-15-40-14-11-34-30(38)27(22-33)20-24-7-8-26-21-28(10-9-25(26)19-24)36-12-5-4-6-13-36/h7-10,19-21H,4-6,11-18,23H2,1-3H3,(H,34,38)(H,35,39)/b27-20+. The average molecular weight is 595 g/mol. The molecule has 0 aliphatic carbocycles. The molecule has 1 fully saturated rings. The molecule has 3 rings (SSSR count). The van der Waals surface area contributed by atoms with Crippen molar-refractivity contribution in [1.29, 1.82) is 5.26 Å². The quantitative estimate of drug-likeness (QED) is 0.144. The number of nitrogens with one attached hydrogen (secondary N) is 2. The summed E-state index contributed by atoms with van der Waals surface area (Å²) in [5.74, 6) is -1.07. The molecule has 0 spiro atoms. The van der Waals surface area contributed by atoms with Crippen LogP contribution in [0.25, 0.3) is 16.8 Å². The molecule has 2 aromatic rings. The molecule has 1 heterocycles. The molecule has 0 atom stereocenters. The molecular weight excluding hydrogens is 552 g/mol. The number of nitrogens with zero attached hydrogens (tertiary/aromatic N) is 2. The van der Waals surface area contributed by atoms with E-state index in [4.69, 9.17) is 18.9 Å². The lowest BCUT2D eigenvalue weighted by atomic mass is 10.0. The van der Waals surface area contributed by atoms with Gasteiger partial charge in [0.15, 0.2) is 0 Å². The SMILES string of the molecule is CC(C)(C)OC(=O)NCC(=O)OCCOCCOCCNC(=O)/C(C#N)=C/c1ccc2cc(N3CCCCC3)ccc2c1. The van der Waals surface area contributed by atoms with E-state index in [1.54, 1.807) is 26.8 Å². The summed E-state index contributed by atoms with van der Waals surface area (Å²) in [6.07, 6.45) is 4.63. The number of fused-ring (bicyclic) bond motifs is 1. The highest BCUT2D eigenvalue weighted by molar-refractivity contribution is 6.02. The van der Waals surface area contributed by atoms with Crippen LogP contribution in [0, 0.1) is 11.3 Å². The Kier molecular flexibility index (Phi) is 13.3. The Morgan fingerprint density at radius 2 is 1.58 bits per heavy atom. The van der Waals surface area contributed by atoms with Crippen molar-refractivity contribution in [3.8, 4) is 6.07 Å². The highest BCUT2D eigenvalue weighted by Crippen LogP contribution is 2.26. The number of piperidine rings is 1. The number of amides is 2. The van der Waals surface area contributed by atoms with Gasteiger partial charge in [0.1, 0.15) is 30.4 Å². The van der Waals surface area contributed by atoms with Crippen molar-refractivity contribution in [3.63, 3.8) is 0 Å². The predicted molar refractivity (Wildman–Crippen MR) is 163 cm³/mol. The monoisotopic (exact) mass is 594 g/mol. The molecule has 0 unspecified atom stereocenters. The maximum absolute atomic E-state index is 12.5. The molecule has 2 aromatic carbocycles. The number of alkyl carbamates (subject to hydrolysis) is 1. The number of esters is 1. The Labute approximate surface area is 253 Å². The molecule has 0 radical (unpaired) electrons. The first-order chi connectivity index (χ1) is 20.6. The number of ether oxygens (including phenoxy) is 4. The summed E-state index contributed by atoms with van der Waals surface area (Å²) in [6, 6.07) is 14.3. The van der Waals surface area contributed by atoms with Gasteiger partial charge in [0.25, 0.3) is 5.91 Å². The van der Waals surface area contributed by atoms with Gasteiger partial charge in [0.2, 0.25) is 0 Å². The zero-order chi connectivity index (χ0) is 31.1. The van der Waals surface area contributed by atoms with Gasteiger partial charge < -0.3 is 34.5 Å². The number of carbonyl (C=O) groups excluding carboxylic acids is 3. The van der Waals surface area contributed by atoms with Crippen molar-refractivity contribution in [3.05, 3.63) is 47.5 Å². The van der Waals surface area contributed by atoms with Gasteiger partial charge in [-0.1, -0.05) is 18.2 Å². The summed E-state index contributed by atoms with van der Waals surface area (Å²) in [5.41, 5.74) is 1.38. The fraction of sp³-hybridized carbons (Fsp3) is 0.500. The van der Waals surface area contributed by atoms with Crippen molar-refractivity contribution < 1.29 is 33.3 Å². The van der Waals surface area contributed by atoms with E-state index in [0.29, 0.717) is 0 Å². The largest absolute Gasteiger partial charge is 0.462 e. The van der Waals surface area contributed by atoms with E-state index >= 15 is 0 Å². The first-order valence-corrected chi connectivity index (χ1v) is 14.6. The van der Waals surface area contributed by atoms with E-state index in [1.165, 1.54) is 24.9 Å². The molecule has 11 heteroatoms. The van der Waals surface area contributed by atoms with Gasteiger partial charge in [-0.15, -0.1) is 0 Å². The molecule has 43 heavy (non-hydrogen) atoms. The predicted octanol–water partition coefficient (Wildman–Crippen LogP) is 3.95. The van der Waals surface area contributed by atoms with E-state index in [2.05, 4.69) is 33.7 Å². The Balaban J connectivity index is 1.28. The lowest BCUT2D eigenvalue weighted by Gasteiger charge is -2.29. The van der Waals surface area contributed by atoms with Crippen LogP contribution in [-0.4, -0.2) is 82.8 Å². The smallest absolute Gasteiger partial charge is 0.408 e. The number of anilines is 1. The number of hydrogen-bond acceptors (Lipinski definition) is 9. The van der Waals surface area contributed by atoms with Crippen LogP contribution in [0.2, 0.25) is 0 Å². The minimum Gasteiger partial charge on any atom is -0.462 e. The first kappa shape index (κ1) is 33.4. The van der Waals surface area contributed by atoms with E-state index in [0.717, 1.165) is 29.4 Å². The second-order valence-corrected chi connectivity index (χ2v) is 11.1. The third-order valence-electron chi connectivity index (χ3n) is 6.42. The molecule has 11 nitrogen and oxygen atoms in total. The number of hydrogen-bond donors (Lipinski definition) is 2. The number of nitriles is 1. The van der Waals surface area contributed by atoms with Gasteiger partial charge in [-0.3, -0.25) is 9.59 Å². The zero-order valence-electron chi connectivity index (χ0n) is 25.3. The first-order valence-electron chi connectivity index (χ1n) is 14.6. The fourth-order valence-electron chi connectivity index (χ4n) is 4.38. The second-order valence-electron chi connectivity index (χ2n) is 11.1. The summed E-state index contributed by atoms with van der Waals surface area (Å²) >= 11 is 0. The van der Waals surface area contributed by atoms with Gasteiger partial charge in [-0.05, 0) is 80.6 Å². The maximum Gasteiger partial charge on any atom is 0.408 e. The van der Waals surface area contributed by atoms with Gasteiger partial charge in [0, 0.05) is 25.3 Å². The van der Waals surface area contributed by atoms with Gasteiger partial charge in [0.05, 0.1) is 26.4 Å². The molecular formula is C32H42N4O7. The molecule has 1 saturated heterocycles. The van der Waals surface area contributed by atoms with Crippen LogP contribution in [0.4, 0.5) is 10.5 Å². The molecule has 0 saturated carbocycles. The van der Waals surface area contributed by atoms with Crippen LogP contribution in [0.5, 0.6) is 0 Å². The molecule has 232 valence electrons. The van der Waals surface area contributed by atoms with E-state index in [1.807, 2.05) is 24.3 Å². The van der Waals surface area contributed by atoms with Crippen LogP contribution >= 0.6 is 0 Å². The number of carbonyl (C=O) groups is 3. The molecule has 0 aromatic heterocycles. The molecule has 1 aliphatic heterocycles. The summed E-state index contributed by atoms with van der Waals surface area (Å²) in [4.78, 5) is 38.1. The van der Waals surface area contributed by atoms with Gasteiger partial charge in [-0.25, -0.2) is 4.79 Å².